The van der Waals surface area contributed by atoms with Crippen molar-refractivity contribution in [2.45, 2.75) is 27.7 Å². The first-order valence-corrected chi connectivity index (χ1v) is 9.41. The highest BCUT2D eigenvalue weighted by atomic mass is 16.1. The van der Waals surface area contributed by atoms with Gasteiger partial charge in [-0.1, -0.05) is 29.8 Å². The van der Waals surface area contributed by atoms with E-state index in [1.807, 2.05) is 32.9 Å². The molecule has 0 saturated heterocycles. The smallest absolute Gasteiger partial charge is 0.255 e. The van der Waals surface area contributed by atoms with Crippen LogP contribution in [0.2, 0.25) is 0 Å². The van der Waals surface area contributed by atoms with Crippen molar-refractivity contribution in [3.63, 3.8) is 0 Å². The number of rotatable bonds is 5. The highest BCUT2D eigenvalue weighted by Crippen LogP contribution is 2.21. The zero-order valence-corrected chi connectivity index (χ0v) is 17.0. The molecule has 29 heavy (non-hydrogen) atoms. The van der Waals surface area contributed by atoms with Crippen LogP contribution in [0.15, 0.2) is 60.7 Å². The summed E-state index contributed by atoms with van der Waals surface area (Å²) in [5.74, 6) is -0.351. The lowest BCUT2D eigenvalue weighted by molar-refractivity contribution is 0.101. The summed E-state index contributed by atoms with van der Waals surface area (Å²) in [5.41, 5.74) is 5.92. The zero-order chi connectivity index (χ0) is 21.1. The van der Waals surface area contributed by atoms with Crippen LogP contribution in [0, 0.1) is 20.8 Å². The van der Waals surface area contributed by atoms with Gasteiger partial charge in [0.25, 0.3) is 5.91 Å². The molecule has 146 valence electrons. The number of anilines is 1. The molecule has 3 aromatic carbocycles. The Morgan fingerprint density at radius 1 is 0.690 bits per heavy atom. The lowest BCUT2D eigenvalue weighted by atomic mass is 9.93. The number of hydrogen-bond acceptors (Lipinski definition) is 3. The lowest BCUT2D eigenvalue weighted by Gasteiger charge is -2.11. The van der Waals surface area contributed by atoms with Gasteiger partial charge >= 0.3 is 0 Å². The Bertz CT molecular complexity index is 1070. The molecule has 1 N–H and O–H groups in total. The molecule has 3 aromatic rings. The maximum Gasteiger partial charge on any atom is 0.255 e. The first-order valence-electron chi connectivity index (χ1n) is 9.41. The molecule has 0 heterocycles. The number of amides is 1. The quantitative estimate of drug-likeness (QED) is 0.606. The van der Waals surface area contributed by atoms with E-state index in [1.165, 1.54) is 6.92 Å². The van der Waals surface area contributed by atoms with Crippen LogP contribution in [0.4, 0.5) is 5.69 Å². The number of aryl methyl sites for hydroxylation is 3. The fraction of sp³-hybridized carbons (Fsp3) is 0.160. The highest BCUT2D eigenvalue weighted by molar-refractivity contribution is 6.11. The Hall–Kier alpha value is -3.53. The molecule has 4 heteroatoms. The van der Waals surface area contributed by atoms with Crippen LogP contribution in [-0.2, 0) is 0 Å². The fourth-order valence-corrected chi connectivity index (χ4v) is 3.45. The normalized spacial score (nSPS) is 10.5. The van der Waals surface area contributed by atoms with Gasteiger partial charge in [0.05, 0.1) is 0 Å². The van der Waals surface area contributed by atoms with Crippen molar-refractivity contribution in [2.75, 3.05) is 5.32 Å². The topological polar surface area (TPSA) is 63.2 Å². The molecular formula is C25H23NO3. The summed E-state index contributed by atoms with van der Waals surface area (Å²) >= 11 is 0. The summed E-state index contributed by atoms with van der Waals surface area (Å²) in [7, 11) is 0. The molecule has 0 atom stereocenters. The molecule has 1 amide bonds. The second kappa shape index (κ2) is 8.23. The van der Waals surface area contributed by atoms with Gasteiger partial charge in [0.2, 0.25) is 0 Å². The van der Waals surface area contributed by atoms with Crippen LogP contribution in [0.1, 0.15) is 60.3 Å². The van der Waals surface area contributed by atoms with Crippen molar-refractivity contribution in [2.24, 2.45) is 0 Å². The molecule has 0 aliphatic rings. The summed E-state index contributed by atoms with van der Waals surface area (Å²) < 4.78 is 0. The number of nitrogens with one attached hydrogen (secondary N) is 1. The van der Waals surface area contributed by atoms with Gasteiger partial charge in [0.1, 0.15) is 0 Å². The third-order valence-electron chi connectivity index (χ3n) is 4.86. The molecule has 0 unspecified atom stereocenters. The molecule has 0 radical (unpaired) electrons. The molecular weight excluding hydrogens is 362 g/mol. The Kier molecular flexibility index (Phi) is 5.74. The average molecular weight is 385 g/mol. The van der Waals surface area contributed by atoms with Crippen LogP contribution in [0.3, 0.4) is 0 Å². The van der Waals surface area contributed by atoms with E-state index in [2.05, 4.69) is 5.32 Å². The summed E-state index contributed by atoms with van der Waals surface area (Å²) in [6.07, 6.45) is 0. The van der Waals surface area contributed by atoms with Crippen molar-refractivity contribution < 1.29 is 14.4 Å². The second-order valence-corrected chi connectivity index (χ2v) is 7.27. The van der Waals surface area contributed by atoms with Gasteiger partial charge in [0, 0.05) is 27.9 Å². The van der Waals surface area contributed by atoms with Gasteiger partial charge in [-0.3, -0.25) is 14.4 Å². The van der Waals surface area contributed by atoms with Crippen LogP contribution in [-0.4, -0.2) is 17.5 Å². The predicted octanol–water partition coefficient (Wildman–Crippen LogP) is 5.30. The molecule has 0 aliphatic heterocycles. The van der Waals surface area contributed by atoms with E-state index in [0.717, 1.165) is 16.7 Å². The molecule has 0 bridgehead atoms. The highest BCUT2D eigenvalue weighted by Gasteiger charge is 2.16. The summed E-state index contributed by atoms with van der Waals surface area (Å²) in [6.45, 7) is 7.38. The maximum absolute atomic E-state index is 12.9. The van der Waals surface area contributed by atoms with Gasteiger partial charge in [-0.05, 0) is 75.2 Å². The number of benzene rings is 3. The average Bonchev–Trinajstić information content (AvgIpc) is 2.67. The first-order chi connectivity index (χ1) is 13.8. The Labute approximate surface area is 170 Å². The van der Waals surface area contributed by atoms with Crippen molar-refractivity contribution in [3.05, 3.63) is 99.6 Å². The van der Waals surface area contributed by atoms with Crippen molar-refractivity contribution in [3.8, 4) is 0 Å². The van der Waals surface area contributed by atoms with E-state index in [0.29, 0.717) is 27.9 Å². The van der Waals surface area contributed by atoms with Crippen molar-refractivity contribution >= 4 is 23.2 Å². The number of ketones is 2. The molecule has 4 nitrogen and oxygen atoms in total. The molecule has 0 aliphatic carbocycles. The Balaban J connectivity index is 1.76. The Morgan fingerprint density at radius 3 is 1.69 bits per heavy atom. The lowest BCUT2D eigenvalue weighted by Crippen LogP contribution is -2.13. The summed E-state index contributed by atoms with van der Waals surface area (Å²) in [4.78, 5) is 36.7. The van der Waals surface area contributed by atoms with E-state index >= 15 is 0 Å². The van der Waals surface area contributed by atoms with Gasteiger partial charge in [-0.25, -0.2) is 0 Å². The van der Waals surface area contributed by atoms with Gasteiger partial charge < -0.3 is 5.32 Å². The standard InChI is InChI=1S/C25H23NO3/c1-15-13-16(2)23(17(3)14-15)24(28)20-5-7-21(8-6-20)25(29)26-22-11-9-19(10-12-22)18(4)27/h5-14H,1-4H3,(H,26,29). The van der Waals surface area contributed by atoms with Crippen LogP contribution in [0.5, 0.6) is 0 Å². The van der Waals surface area contributed by atoms with Crippen LogP contribution < -0.4 is 5.32 Å². The van der Waals surface area contributed by atoms with Crippen LogP contribution >= 0.6 is 0 Å². The predicted molar refractivity (Wildman–Crippen MR) is 115 cm³/mol. The largest absolute Gasteiger partial charge is 0.322 e. The number of carbonyl (C=O) groups is 3. The third kappa shape index (κ3) is 4.49. The minimum absolute atomic E-state index is 0.0258. The number of carbonyl (C=O) groups excluding carboxylic acids is 3. The Morgan fingerprint density at radius 2 is 1.17 bits per heavy atom. The minimum Gasteiger partial charge on any atom is -0.322 e. The van der Waals surface area contributed by atoms with E-state index in [1.54, 1.807) is 48.5 Å². The van der Waals surface area contributed by atoms with Crippen molar-refractivity contribution in [1.29, 1.82) is 0 Å². The van der Waals surface area contributed by atoms with Gasteiger partial charge in [-0.15, -0.1) is 0 Å². The second-order valence-electron chi connectivity index (χ2n) is 7.27. The fourth-order valence-electron chi connectivity index (χ4n) is 3.45. The van der Waals surface area contributed by atoms with Crippen molar-refractivity contribution in [1.82, 2.24) is 0 Å². The summed E-state index contributed by atoms with van der Waals surface area (Å²) in [6, 6.07) is 17.4. The number of hydrogen-bond donors (Lipinski definition) is 1. The monoisotopic (exact) mass is 385 g/mol. The maximum atomic E-state index is 12.9. The minimum atomic E-state index is -0.276. The van der Waals surface area contributed by atoms with E-state index in [4.69, 9.17) is 0 Å². The first kappa shape index (κ1) is 20.2. The molecule has 3 rings (SSSR count). The van der Waals surface area contributed by atoms with E-state index in [-0.39, 0.29) is 17.5 Å². The van der Waals surface area contributed by atoms with Gasteiger partial charge in [-0.2, -0.15) is 0 Å². The van der Waals surface area contributed by atoms with E-state index < -0.39 is 0 Å². The van der Waals surface area contributed by atoms with Gasteiger partial charge in [0.15, 0.2) is 11.6 Å². The van der Waals surface area contributed by atoms with E-state index in [9.17, 15) is 14.4 Å². The SMILES string of the molecule is CC(=O)c1ccc(NC(=O)c2ccc(C(=O)c3c(C)cc(C)cc3C)cc2)cc1. The molecule has 0 saturated carbocycles. The zero-order valence-electron chi connectivity index (χ0n) is 17.0. The third-order valence-corrected chi connectivity index (χ3v) is 4.86. The molecule has 0 fully saturated rings. The van der Waals surface area contributed by atoms with Crippen LogP contribution in [0.25, 0.3) is 0 Å². The molecule has 0 spiro atoms. The summed E-state index contributed by atoms with van der Waals surface area (Å²) in [5, 5.41) is 2.79. The molecule has 0 aromatic heterocycles. The number of Topliss-reactive ketones (excluding diaryl/α,β-unsaturated/α-hetero) is 1.